The maximum atomic E-state index is 11.4. The number of rotatable bonds is 17. The number of hydrogen-bond donors (Lipinski definition) is 0. The molecule has 0 saturated heterocycles. The summed E-state index contributed by atoms with van der Waals surface area (Å²) in [5.41, 5.74) is 0.478. The van der Waals surface area contributed by atoms with Gasteiger partial charge in [-0.25, -0.2) is 4.79 Å². The van der Waals surface area contributed by atoms with E-state index in [-0.39, 0.29) is 18.4 Å². The molecule has 0 aromatic rings. The second-order valence-electron chi connectivity index (χ2n) is 8.19. The SMILES string of the molecule is C=C(C)C(=O)OCC[N+](C)(C)CCCCCCCCCCCCCC.[Cl-]. The molecule has 0 aromatic carbocycles. The zero-order valence-electron chi connectivity index (χ0n) is 18.0. The van der Waals surface area contributed by atoms with Gasteiger partial charge in [0, 0.05) is 5.57 Å². The van der Waals surface area contributed by atoms with E-state index in [0.717, 1.165) is 17.6 Å². The lowest BCUT2D eigenvalue weighted by atomic mass is 10.1. The van der Waals surface area contributed by atoms with Gasteiger partial charge in [0.15, 0.2) is 0 Å². The van der Waals surface area contributed by atoms with Gasteiger partial charge in [-0.3, -0.25) is 0 Å². The first-order chi connectivity index (χ1) is 11.9. The molecule has 0 bridgehead atoms. The van der Waals surface area contributed by atoms with Crippen LogP contribution < -0.4 is 12.4 Å². The third kappa shape index (κ3) is 18.3. The third-order valence-electron chi connectivity index (χ3n) is 4.90. The number of hydrogen-bond acceptors (Lipinski definition) is 2. The minimum Gasteiger partial charge on any atom is -1.00 e. The molecule has 0 unspecified atom stereocenters. The summed E-state index contributed by atoms with van der Waals surface area (Å²) < 4.78 is 6.12. The molecule has 0 N–H and O–H groups in total. The predicted octanol–water partition coefficient (Wildman–Crippen LogP) is 2.89. The highest BCUT2D eigenvalue weighted by molar-refractivity contribution is 5.86. The van der Waals surface area contributed by atoms with Crippen LogP contribution in [0.4, 0.5) is 0 Å². The van der Waals surface area contributed by atoms with Crippen LogP contribution in [0.25, 0.3) is 0 Å². The highest BCUT2D eigenvalue weighted by Gasteiger charge is 2.15. The summed E-state index contributed by atoms with van der Waals surface area (Å²) in [4.78, 5) is 11.4. The summed E-state index contributed by atoms with van der Waals surface area (Å²) in [6.45, 7) is 10.1. The molecule has 0 saturated carbocycles. The van der Waals surface area contributed by atoms with Gasteiger partial charge in [0.1, 0.15) is 13.2 Å². The topological polar surface area (TPSA) is 26.3 Å². The van der Waals surface area contributed by atoms with Crippen LogP contribution in [-0.2, 0) is 9.53 Å². The fraction of sp³-hybridized carbons (Fsp3) is 0.864. The summed E-state index contributed by atoms with van der Waals surface area (Å²) >= 11 is 0. The van der Waals surface area contributed by atoms with E-state index in [1.54, 1.807) is 6.92 Å². The van der Waals surface area contributed by atoms with Crippen LogP contribution in [0.1, 0.15) is 90.9 Å². The first-order valence-electron chi connectivity index (χ1n) is 10.5. The Morgan fingerprint density at radius 1 is 0.808 bits per heavy atom. The van der Waals surface area contributed by atoms with Crippen LogP contribution in [0.2, 0.25) is 0 Å². The number of carbonyl (C=O) groups is 1. The number of carbonyl (C=O) groups excluding carboxylic acids is 1. The summed E-state index contributed by atoms with van der Waals surface area (Å²) in [6, 6.07) is 0. The van der Waals surface area contributed by atoms with Crippen LogP contribution in [0, 0.1) is 0 Å². The summed E-state index contributed by atoms with van der Waals surface area (Å²) in [5.74, 6) is -0.273. The van der Waals surface area contributed by atoms with Gasteiger partial charge in [-0.15, -0.1) is 0 Å². The normalized spacial score (nSPS) is 11.1. The van der Waals surface area contributed by atoms with Crippen molar-refractivity contribution in [3.8, 4) is 0 Å². The van der Waals surface area contributed by atoms with Crippen molar-refractivity contribution in [2.75, 3.05) is 33.8 Å². The van der Waals surface area contributed by atoms with Gasteiger partial charge < -0.3 is 21.6 Å². The predicted molar refractivity (Wildman–Crippen MR) is 109 cm³/mol. The summed E-state index contributed by atoms with van der Waals surface area (Å²) in [5, 5.41) is 0. The van der Waals surface area contributed by atoms with Gasteiger partial charge in [-0.05, 0) is 19.8 Å². The third-order valence-corrected chi connectivity index (χ3v) is 4.90. The second-order valence-corrected chi connectivity index (χ2v) is 8.19. The molecule has 0 atom stereocenters. The maximum absolute atomic E-state index is 11.4. The average Bonchev–Trinajstić information content (AvgIpc) is 2.55. The average molecular weight is 390 g/mol. The molecule has 26 heavy (non-hydrogen) atoms. The van der Waals surface area contributed by atoms with E-state index >= 15 is 0 Å². The number of unbranched alkanes of at least 4 members (excludes halogenated alkanes) is 11. The van der Waals surface area contributed by atoms with E-state index in [9.17, 15) is 4.79 Å². The summed E-state index contributed by atoms with van der Waals surface area (Å²) in [6.07, 6.45) is 16.6. The minimum absolute atomic E-state index is 0. The van der Waals surface area contributed by atoms with E-state index in [0.29, 0.717) is 12.2 Å². The van der Waals surface area contributed by atoms with Gasteiger partial charge in [-0.1, -0.05) is 77.7 Å². The molecule has 156 valence electrons. The van der Waals surface area contributed by atoms with Crippen molar-refractivity contribution in [2.45, 2.75) is 90.9 Å². The zero-order valence-corrected chi connectivity index (χ0v) is 18.7. The first kappa shape index (κ1) is 27.7. The lowest BCUT2D eigenvalue weighted by Crippen LogP contribution is -3.00. The first-order valence-corrected chi connectivity index (χ1v) is 10.5. The highest BCUT2D eigenvalue weighted by Crippen LogP contribution is 2.12. The van der Waals surface area contributed by atoms with Crippen molar-refractivity contribution < 1.29 is 26.4 Å². The molecule has 0 rings (SSSR count). The van der Waals surface area contributed by atoms with Gasteiger partial charge in [0.25, 0.3) is 0 Å². The van der Waals surface area contributed by atoms with E-state index in [1.807, 2.05) is 0 Å². The highest BCUT2D eigenvalue weighted by atomic mass is 35.5. The smallest absolute Gasteiger partial charge is 0.333 e. The number of ether oxygens (including phenoxy) is 1. The van der Waals surface area contributed by atoms with Crippen molar-refractivity contribution in [1.29, 1.82) is 0 Å². The van der Waals surface area contributed by atoms with Crippen LogP contribution >= 0.6 is 0 Å². The van der Waals surface area contributed by atoms with Gasteiger partial charge in [-0.2, -0.15) is 0 Å². The molecule has 0 spiro atoms. The molecule has 0 aliphatic carbocycles. The molecule has 0 aromatic heterocycles. The Kier molecular flexibility index (Phi) is 19.0. The Balaban J connectivity index is 0. The molecule has 4 heteroatoms. The zero-order chi connectivity index (χ0) is 19.0. The quantitative estimate of drug-likeness (QED) is 0.165. The van der Waals surface area contributed by atoms with Gasteiger partial charge in [0.05, 0.1) is 20.6 Å². The largest absolute Gasteiger partial charge is 1.00 e. The van der Waals surface area contributed by atoms with Crippen LogP contribution in [0.5, 0.6) is 0 Å². The number of likely N-dealkylation sites (N-methyl/N-ethyl adjacent to an activating group) is 1. The molecule has 0 fully saturated rings. The molecule has 0 amide bonds. The lowest BCUT2D eigenvalue weighted by molar-refractivity contribution is -0.890. The van der Waals surface area contributed by atoms with Crippen LogP contribution in [0.15, 0.2) is 12.2 Å². The van der Waals surface area contributed by atoms with Gasteiger partial charge >= 0.3 is 5.97 Å². The second kappa shape index (κ2) is 17.9. The Morgan fingerprint density at radius 3 is 1.65 bits per heavy atom. The fourth-order valence-corrected chi connectivity index (χ4v) is 3.00. The van der Waals surface area contributed by atoms with Crippen LogP contribution in [0.3, 0.4) is 0 Å². The number of esters is 1. The molecule has 0 aliphatic heterocycles. The van der Waals surface area contributed by atoms with Crippen molar-refractivity contribution in [2.24, 2.45) is 0 Å². The molecule has 3 nitrogen and oxygen atoms in total. The Labute approximate surface area is 169 Å². The monoisotopic (exact) mass is 389 g/mol. The molecule has 0 radical (unpaired) electrons. The molecular weight excluding hydrogens is 346 g/mol. The van der Waals surface area contributed by atoms with E-state index < -0.39 is 0 Å². The van der Waals surface area contributed by atoms with Crippen molar-refractivity contribution in [3.05, 3.63) is 12.2 Å². The standard InChI is InChI=1S/C22H44NO2.ClH/c1-6-7-8-9-10-11-12-13-14-15-16-17-18-23(4,5)19-20-25-22(24)21(2)3;/h2,6-20H2,1,3-5H3;1H/q+1;/p-1. The number of quaternary nitrogens is 1. The molecular formula is C22H44ClNO2. The molecule has 0 aliphatic rings. The Hall–Kier alpha value is -0.540. The number of nitrogens with zero attached hydrogens (tertiary/aromatic N) is 1. The number of halogens is 1. The van der Waals surface area contributed by atoms with E-state index in [1.165, 1.54) is 77.0 Å². The lowest BCUT2D eigenvalue weighted by Gasteiger charge is -2.29. The van der Waals surface area contributed by atoms with Crippen LogP contribution in [-0.4, -0.2) is 44.2 Å². The molecule has 0 heterocycles. The van der Waals surface area contributed by atoms with Crippen molar-refractivity contribution >= 4 is 5.97 Å². The van der Waals surface area contributed by atoms with E-state index in [4.69, 9.17) is 4.74 Å². The van der Waals surface area contributed by atoms with Crippen molar-refractivity contribution in [3.63, 3.8) is 0 Å². The van der Waals surface area contributed by atoms with Gasteiger partial charge in [0.2, 0.25) is 0 Å². The minimum atomic E-state index is -0.273. The summed E-state index contributed by atoms with van der Waals surface area (Å²) in [7, 11) is 4.43. The Bertz CT molecular complexity index is 356. The maximum Gasteiger partial charge on any atom is 0.333 e. The van der Waals surface area contributed by atoms with E-state index in [2.05, 4.69) is 27.6 Å². The van der Waals surface area contributed by atoms with Crippen molar-refractivity contribution in [1.82, 2.24) is 0 Å². The fourth-order valence-electron chi connectivity index (χ4n) is 3.00. The Morgan fingerprint density at radius 2 is 1.23 bits per heavy atom.